The Hall–Kier alpha value is -3.44. The molecule has 0 aromatic carbocycles. The highest BCUT2D eigenvalue weighted by atomic mass is 16.6. The number of rotatable bonds is 10. The first kappa shape index (κ1) is 37.8. The van der Waals surface area contributed by atoms with Crippen molar-refractivity contribution >= 4 is 23.9 Å². The molecule has 0 bridgehead atoms. The summed E-state index contributed by atoms with van der Waals surface area (Å²) in [6, 6.07) is 1.90. The molecule has 0 radical (unpaired) electrons. The Morgan fingerprint density at radius 1 is 1.00 bits per heavy atom. The van der Waals surface area contributed by atoms with E-state index in [1.165, 1.54) is 13.0 Å². The molecule has 3 aliphatic carbocycles. The first-order chi connectivity index (χ1) is 23.4. The molecule has 12 atom stereocenters. The molecule has 0 saturated heterocycles. The van der Waals surface area contributed by atoms with Crippen molar-refractivity contribution in [1.82, 2.24) is 0 Å². The van der Waals surface area contributed by atoms with Crippen LogP contribution in [0.2, 0.25) is 0 Å². The molecule has 1 aromatic heterocycles. The molecule has 1 aliphatic heterocycles. The summed E-state index contributed by atoms with van der Waals surface area (Å²) < 4.78 is 29.9. The molecule has 276 valence electrons. The number of furan rings is 1. The van der Waals surface area contributed by atoms with Gasteiger partial charge in [0.1, 0.15) is 17.8 Å². The van der Waals surface area contributed by atoms with Crippen LogP contribution in [0.25, 0.3) is 0 Å². The molecule has 4 aliphatic rings. The predicted molar refractivity (Wildman–Crippen MR) is 181 cm³/mol. The van der Waals surface area contributed by atoms with Crippen molar-refractivity contribution in [2.75, 3.05) is 6.61 Å². The summed E-state index contributed by atoms with van der Waals surface area (Å²) in [4.78, 5) is 52.9. The zero-order valence-corrected chi connectivity index (χ0v) is 30.8. The standard InChI is InChI=1S/C39H54O11/c1-10-22(4)33(47-23(5)41)35(45)49-29-18-28-36(6)15-13-31(42)50-37(7,20-40)27(36)17-30(48-34(44)32(43)21(2)3)39(28,9)26-12-11-25(38(26,29)8)24-14-16-46-19-24/h12-16,19,21-22,25,27-30,32-33,40,43H,10-11,17-18,20H2,1-9H3/t22-,25-,27+,28+,29+,30+,32+,33+,36-,37+,38-,39-/m0/s1. The third kappa shape index (κ3) is 6.02. The molecule has 2 fully saturated rings. The maximum Gasteiger partial charge on any atom is 0.348 e. The van der Waals surface area contributed by atoms with E-state index >= 15 is 0 Å². The number of ether oxygens (including phenoxy) is 4. The van der Waals surface area contributed by atoms with Gasteiger partial charge in [-0.25, -0.2) is 14.4 Å². The molecule has 11 nitrogen and oxygen atoms in total. The van der Waals surface area contributed by atoms with E-state index in [2.05, 4.69) is 19.9 Å². The Labute approximate surface area is 294 Å². The highest BCUT2D eigenvalue weighted by Gasteiger charge is 2.71. The van der Waals surface area contributed by atoms with E-state index in [0.717, 1.165) is 11.1 Å². The summed E-state index contributed by atoms with van der Waals surface area (Å²) in [5.74, 6) is -4.40. The maximum absolute atomic E-state index is 14.1. The molecule has 50 heavy (non-hydrogen) atoms. The van der Waals surface area contributed by atoms with Gasteiger partial charge in [-0.15, -0.1) is 0 Å². The van der Waals surface area contributed by atoms with Crippen molar-refractivity contribution in [3.63, 3.8) is 0 Å². The van der Waals surface area contributed by atoms with E-state index < -0.39 is 94.5 Å². The highest BCUT2D eigenvalue weighted by molar-refractivity contribution is 5.83. The lowest BCUT2D eigenvalue weighted by Crippen LogP contribution is -2.67. The lowest BCUT2D eigenvalue weighted by atomic mass is 9.40. The first-order valence-corrected chi connectivity index (χ1v) is 17.9. The van der Waals surface area contributed by atoms with Crippen LogP contribution in [0.1, 0.15) is 99.5 Å². The van der Waals surface area contributed by atoms with Gasteiger partial charge in [-0.05, 0) is 61.5 Å². The topological polar surface area (TPSA) is 159 Å². The molecule has 0 spiro atoms. The summed E-state index contributed by atoms with van der Waals surface area (Å²) in [5.41, 5.74) is -2.02. The summed E-state index contributed by atoms with van der Waals surface area (Å²) in [6.45, 7) is 15.9. The van der Waals surface area contributed by atoms with Crippen molar-refractivity contribution in [1.29, 1.82) is 0 Å². The average Bonchev–Trinajstić information content (AvgIpc) is 3.70. The van der Waals surface area contributed by atoms with Crippen LogP contribution in [-0.2, 0) is 38.1 Å². The zero-order valence-electron chi connectivity index (χ0n) is 30.8. The van der Waals surface area contributed by atoms with Gasteiger partial charge in [0.25, 0.3) is 0 Å². The lowest BCUT2D eigenvalue weighted by Gasteiger charge is -2.66. The lowest BCUT2D eigenvalue weighted by molar-refractivity contribution is -0.225. The summed E-state index contributed by atoms with van der Waals surface area (Å²) in [7, 11) is 0. The van der Waals surface area contributed by atoms with E-state index in [9.17, 15) is 29.4 Å². The molecule has 2 heterocycles. The fourth-order valence-electron chi connectivity index (χ4n) is 9.87. The summed E-state index contributed by atoms with van der Waals surface area (Å²) in [5, 5.41) is 21.6. The number of aliphatic hydroxyl groups excluding tert-OH is 2. The van der Waals surface area contributed by atoms with Gasteiger partial charge in [0, 0.05) is 41.6 Å². The number of carbonyl (C=O) groups is 4. The number of hydrogen-bond donors (Lipinski definition) is 2. The number of carbonyl (C=O) groups excluding carboxylic acids is 4. The van der Waals surface area contributed by atoms with Crippen molar-refractivity contribution in [3.8, 4) is 0 Å². The third-order valence-corrected chi connectivity index (χ3v) is 12.9. The smallest absolute Gasteiger partial charge is 0.348 e. The van der Waals surface area contributed by atoms with Crippen LogP contribution in [-0.4, -0.2) is 70.7 Å². The van der Waals surface area contributed by atoms with E-state index in [4.69, 9.17) is 23.4 Å². The fraction of sp³-hybridized carbons (Fsp3) is 0.692. The molecule has 0 unspecified atom stereocenters. The van der Waals surface area contributed by atoms with Crippen molar-refractivity contribution in [3.05, 3.63) is 48.0 Å². The SMILES string of the molecule is CC[C@H](C)[C@@H](OC(C)=O)C(=O)O[C@@H]1C[C@@H]2[C@@]3(C)C=CC(=O)O[C@](C)(CO)[C@@H]3C[C@@H](OC(=O)[C@H](O)C(C)C)[C@@]2(C)C2=CC[C@@H](c3ccoc3)[C@@]21C. The van der Waals surface area contributed by atoms with E-state index in [0.29, 0.717) is 12.8 Å². The van der Waals surface area contributed by atoms with E-state index in [-0.39, 0.29) is 24.7 Å². The second-order valence-electron chi connectivity index (χ2n) is 16.2. The molecule has 5 rings (SSSR count). The normalized spacial score (nSPS) is 38.0. The molecule has 1 aromatic rings. The Bertz CT molecular complexity index is 1530. The minimum atomic E-state index is -1.36. The van der Waals surface area contributed by atoms with Crippen molar-refractivity contribution in [2.24, 2.45) is 39.9 Å². The van der Waals surface area contributed by atoms with Crippen LogP contribution in [0.3, 0.4) is 0 Å². The molecular weight excluding hydrogens is 644 g/mol. The van der Waals surface area contributed by atoms with Gasteiger partial charge in [-0.3, -0.25) is 4.79 Å². The average molecular weight is 699 g/mol. The summed E-state index contributed by atoms with van der Waals surface area (Å²) >= 11 is 0. The molecule has 2 saturated carbocycles. The third-order valence-electron chi connectivity index (χ3n) is 12.9. The van der Waals surface area contributed by atoms with Crippen LogP contribution in [0.5, 0.6) is 0 Å². The Morgan fingerprint density at radius 3 is 2.22 bits per heavy atom. The highest BCUT2D eigenvalue weighted by Crippen LogP contribution is 2.72. The monoisotopic (exact) mass is 698 g/mol. The van der Waals surface area contributed by atoms with Crippen LogP contribution in [0.15, 0.2) is 46.8 Å². The predicted octanol–water partition coefficient (Wildman–Crippen LogP) is 5.43. The van der Waals surface area contributed by atoms with Crippen LogP contribution in [0.4, 0.5) is 0 Å². The Balaban J connectivity index is 1.71. The fourth-order valence-corrected chi connectivity index (χ4v) is 9.87. The van der Waals surface area contributed by atoms with Crippen LogP contribution < -0.4 is 0 Å². The minimum absolute atomic E-state index is 0.178. The molecule has 0 amide bonds. The Morgan fingerprint density at radius 2 is 1.64 bits per heavy atom. The number of esters is 4. The number of fused-ring (bicyclic) bond motifs is 5. The van der Waals surface area contributed by atoms with Gasteiger partial charge in [-0.2, -0.15) is 0 Å². The number of allylic oxidation sites excluding steroid dienone is 2. The van der Waals surface area contributed by atoms with Gasteiger partial charge >= 0.3 is 23.9 Å². The van der Waals surface area contributed by atoms with E-state index in [1.54, 1.807) is 33.3 Å². The molecule has 11 heteroatoms. The van der Waals surface area contributed by atoms with Gasteiger partial charge < -0.3 is 33.6 Å². The van der Waals surface area contributed by atoms with Crippen molar-refractivity contribution < 1.29 is 52.8 Å². The number of hydrogen-bond acceptors (Lipinski definition) is 11. The van der Waals surface area contributed by atoms with Gasteiger partial charge in [0.05, 0.1) is 19.1 Å². The number of aliphatic hydroxyl groups is 2. The second-order valence-corrected chi connectivity index (χ2v) is 16.2. The zero-order chi connectivity index (χ0) is 37.0. The van der Waals surface area contributed by atoms with E-state index in [1.807, 2.05) is 32.9 Å². The minimum Gasteiger partial charge on any atom is -0.472 e. The number of cyclic esters (lactones) is 1. The quantitative estimate of drug-likeness (QED) is 0.182. The Kier molecular flexibility index (Phi) is 10.3. The molecule has 2 N–H and O–H groups in total. The maximum atomic E-state index is 14.1. The second kappa shape index (κ2) is 13.6. The van der Waals surface area contributed by atoms with Crippen LogP contribution >= 0.6 is 0 Å². The largest absolute Gasteiger partial charge is 0.472 e. The summed E-state index contributed by atoms with van der Waals surface area (Å²) in [6.07, 6.45) is 6.35. The first-order valence-electron chi connectivity index (χ1n) is 17.9. The van der Waals surface area contributed by atoms with Crippen LogP contribution in [0, 0.1) is 39.9 Å². The van der Waals surface area contributed by atoms with Gasteiger partial charge in [0.2, 0.25) is 6.10 Å². The molecular formula is C39H54O11. The van der Waals surface area contributed by atoms with Crippen molar-refractivity contribution in [2.45, 2.75) is 124 Å². The van der Waals surface area contributed by atoms with Gasteiger partial charge in [-0.1, -0.05) is 66.2 Å². The van der Waals surface area contributed by atoms with Gasteiger partial charge in [0.15, 0.2) is 6.10 Å².